The summed E-state index contributed by atoms with van der Waals surface area (Å²) in [6, 6.07) is 3.75. The number of hydrogen-bond donors (Lipinski definition) is 3. The van der Waals surface area contributed by atoms with Gasteiger partial charge in [0.15, 0.2) is 0 Å². The van der Waals surface area contributed by atoms with Crippen molar-refractivity contribution in [1.29, 1.82) is 0 Å². The van der Waals surface area contributed by atoms with Crippen LogP contribution in [0, 0.1) is 0 Å². The minimum Gasteiger partial charge on any atom is -0.478 e. The number of rotatable bonds is 4. The normalized spacial score (nSPS) is 12.1. The SMILES string of the molecule is O=C(O)/C=C(/Nc1cccc(C(F)(F)F)c1)C(=O)O. The zero-order chi connectivity index (χ0) is 14.6. The van der Waals surface area contributed by atoms with Crippen molar-refractivity contribution in [1.82, 2.24) is 0 Å². The minimum absolute atomic E-state index is 0.176. The van der Waals surface area contributed by atoms with Crippen LogP contribution in [0.15, 0.2) is 36.0 Å². The van der Waals surface area contributed by atoms with E-state index in [9.17, 15) is 22.8 Å². The number of halogens is 3. The Hall–Kier alpha value is -2.51. The molecule has 102 valence electrons. The largest absolute Gasteiger partial charge is 0.478 e. The second kappa shape index (κ2) is 5.42. The van der Waals surface area contributed by atoms with Gasteiger partial charge in [-0.2, -0.15) is 13.2 Å². The van der Waals surface area contributed by atoms with Crippen LogP contribution in [0.3, 0.4) is 0 Å². The molecule has 1 aromatic rings. The maximum Gasteiger partial charge on any atom is 0.416 e. The van der Waals surface area contributed by atoms with E-state index in [0.717, 1.165) is 12.1 Å². The van der Waals surface area contributed by atoms with E-state index < -0.39 is 29.4 Å². The van der Waals surface area contributed by atoms with E-state index in [4.69, 9.17) is 10.2 Å². The average molecular weight is 275 g/mol. The molecule has 19 heavy (non-hydrogen) atoms. The number of alkyl halides is 3. The molecule has 0 fully saturated rings. The molecule has 0 saturated carbocycles. The van der Waals surface area contributed by atoms with Crippen molar-refractivity contribution in [2.45, 2.75) is 6.18 Å². The minimum atomic E-state index is -4.57. The highest BCUT2D eigenvalue weighted by Gasteiger charge is 2.30. The van der Waals surface area contributed by atoms with Crippen LogP contribution in [-0.4, -0.2) is 22.2 Å². The van der Waals surface area contributed by atoms with Gasteiger partial charge in [-0.15, -0.1) is 0 Å². The number of carbonyl (C=O) groups is 2. The molecule has 3 N–H and O–H groups in total. The lowest BCUT2D eigenvalue weighted by atomic mass is 10.2. The van der Waals surface area contributed by atoms with Crippen molar-refractivity contribution >= 4 is 17.6 Å². The number of hydrogen-bond acceptors (Lipinski definition) is 3. The first-order chi connectivity index (χ1) is 8.70. The van der Waals surface area contributed by atoms with Crippen molar-refractivity contribution in [3.63, 3.8) is 0 Å². The van der Waals surface area contributed by atoms with Crippen molar-refractivity contribution in [3.8, 4) is 0 Å². The number of carboxylic acid groups (broad SMARTS) is 2. The highest BCUT2D eigenvalue weighted by Crippen LogP contribution is 2.30. The Balaban J connectivity index is 3.05. The highest BCUT2D eigenvalue weighted by molar-refractivity contribution is 5.97. The van der Waals surface area contributed by atoms with Crippen molar-refractivity contribution in [3.05, 3.63) is 41.6 Å². The Bertz CT molecular complexity index is 537. The Morgan fingerprint density at radius 2 is 1.84 bits per heavy atom. The van der Waals surface area contributed by atoms with E-state index in [-0.39, 0.29) is 5.69 Å². The molecule has 0 spiro atoms. The molecule has 1 rings (SSSR count). The fraction of sp³-hybridized carbons (Fsp3) is 0.0909. The maximum absolute atomic E-state index is 12.4. The Kier molecular flexibility index (Phi) is 4.15. The van der Waals surface area contributed by atoms with Gasteiger partial charge in [0.1, 0.15) is 5.70 Å². The summed E-state index contributed by atoms with van der Waals surface area (Å²) in [5.74, 6) is -3.13. The fourth-order valence-electron chi connectivity index (χ4n) is 1.20. The Morgan fingerprint density at radius 3 is 2.32 bits per heavy atom. The van der Waals surface area contributed by atoms with Crippen LogP contribution in [-0.2, 0) is 15.8 Å². The van der Waals surface area contributed by atoms with Gasteiger partial charge in [-0.1, -0.05) is 6.07 Å². The molecule has 0 aliphatic heterocycles. The molecule has 0 radical (unpaired) electrons. The first-order valence-corrected chi connectivity index (χ1v) is 4.82. The average Bonchev–Trinajstić information content (AvgIpc) is 2.26. The molecule has 0 aliphatic carbocycles. The molecule has 0 aliphatic rings. The molecular weight excluding hydrogens is 267 g/mol. The monoisotopic (exact) mass is 275 g/mol. The number of nitrogens with one attached hydrogen (secondary N) is 1. The molecule has 5 nitrogen and oxygen atoms in total. The van der Waals surface area contributed by atoms with Gasteiger partial charge in [-0.3, -0.25) is 0 Å². The van der Waals surface area contributed by atoms with Crippen LogP contribution in [0.25, 0.3) is 0 Å². The number of carboxylic acids is 2. The summed E-state index contributed by atoms with van der Waals surface area (Å²) in [4.78, 5) is 21.1. The molecule has 0 amide bonds. The lowest BCUT2D eigenvalue weighted by Crippen LogP contribution is -2.13. The van der Waals surface area contributed by atoms with Crippen LogP contribution in [0.5, 0.6) is 0 Å². The van der Waals surface area contributed by atoms with E-state index in [2.05, 4.69) is 5.32 Å². The van der Waals surface area contributed by atoms with Gasteiger partial charge in [0.25, 0.3) is 0 Å². The second-order valence-electron chi connectivity index (χ2n) is 3.40. The zero-order valence-electron chi connectivity index (χ0n) is 9.23. The summed E-state index contributed by atoms with van der Waals surface area (Å²) in [7, 11) is 0. The van der Waals surface area contributed by atoms with Crippen LogP contribution < -0.4 is 5.32 Å². The summed E-state index contributed by atoms with van der Waals surface area (Å²) in [6.07, 6.45) is -4.22. The van der Waals surface area contributed by atoms with Crippen molar-refractivity contribution in [2.75, 3.05) is 5.32 Å². The molecule has 0 unspecified atom stereocenters. The summed E-state index contributed by atoms with van der Waals surface area (Å²) in [5, 5.41) is 19.2. The third kappa shape index (κ3) is 4.34. The molecule has 0 saturated heterocycles. The summed E-state index contributed by atoms with van der Waals surface area (Å²) < 4.78 is 37.3. The van der Waals surface area contributed by atoms with Gasteiger partial charge < -0.3 is 15.5 Å². The quantitative estimate of drug-likeness (QED) is 0.733. The predicted octanol–water partition coefficient (Wildman–Crippen LogP) is 2.17. The fourth-order valence-corrected chi connectivity index (χ4v) is 1.20. The second-order valence-corrected chi connectivity index (χ2v) is 3.40. The third-order valence-corrected chi connectivity index (χ3v) is 1.97. The van der Waals surface area contributed by atoms with Gasteiger partial charge in [0.2, 0.25) is 0 Å². The van der Waals surface area contributed by atoms with Crippen LogP contribution in [0.2, 0.25) is 0 Å². The van der Waals surface area contributed by atoms with Gasteiger partial charge in [0, 0.05) is 5.69 Å². The van der Waals surface area contributed by atoms with Gasteiger partial charge in [0.05, 0.1) is 11.6 Å². The molecule has 8 heteroatoms. The first-order valence-electron chi connectivity index (χ1n) is 4.82. The lowest BCUT2D eigenvalue weighted by molar-refractivity contribution is -0.137. The van der Waals surface area contributed by atoms with E-state index in [1.807, 2.05) is 0 Å². The van der Waals surface area contributed by atoms with Crippen LogP contribution in [0.1, 0.15) is 5.56 Å². The van der Waals surface area contributed by atoms with E-state index in [0.29, 0.717) is 12.1 Å². The smallest absolute Gasteiger partial charge is 0.416 e. The third-order valence-electron chi connectivity index (χ3n) is 1.97. The van der Waals surface area contributed by atoms with Crippen molar-refractivity contribution in [2.24, 2.45) is 0 Å². The number of anilines is 1. The van der Waals surface area contributed by atoms with Crippen LogP contribution in [0.4, 0.5) is 18.9 Å². The summed E-state index contributed by atoms with van der Waals surface area (Å²) in [6.45, 7) is 0. The topological polar surface area (TPSA) is 86.6 Å². The number of benzene rings is 1. The van der Waals surface area contributed by atoms with E-state index >= 15 is 0 Å². The van der Waals surface area contributed by atoms with Gasteiger partial charge in [-0.05, 0) is 18.2 Å². The molecule has 1 aromatic carbocycles. The maximum atomic E-state index is 12.4. The summed E-state index contributed by atoms with van der Waals surface area (Å²) in [5.41, 5.74) is -1.89. The number of aliphatic carboxylic acids is 2. The first kappa shape index (κ1) is 14.6. The van der Waals surface area contributed by atoms with Gasteiger partial charge in [-0.25, -0.2) is 9.59 Å². The van der Waals surface area contributed by atoms with Crippen LogP contribution >= 0.6 is 0 Å². The Labute approximate surface area is 105 Å². The highest BCUT2D eigenvalue weighted by atomic mass is 19.4. The Morgan fingerprint density at radius 1 is 1.21 bits per heavy atom. The zero-order valence-corrected chi connectivity index (χ0v) is 9.23. The predicted molar refractivity (Wildman–Crippen MR) is 58.4 cm³/mol. The van der Waals surface area contributed by atoms with Crippen molar-refractivity contribution < 1.29 is 33.0 Å². The summed E-state index contributed by atoms with van der Waals surface area (Å²) >= 11 is 0. The molecule has 0 bridgehead atoms. The molecule has 0 aromatic heterocycles. The lowest BCUT2D eigenvalue weighted by Gasteiger charge is -2.10. The molecular formula is C11H8F3NO4. The molecule has 0 heterocycles. The van der Waals surface area contributed by atoms with Gasteiger partial charge >= 0.3 is 18.1 Å². The van der Waals surface area contributed by atoms with E-state index in [1.165, 1.54) is 6.07 Å². The van der Waals surface area contributed by atoms with E-state index in [1.54, 1.807) is 0 Å². The molecule has 0 atom stereocenters. The standard InChI is InChI=1S/C11H8F3NO4/c12-11(13,14)6-2-1-3-7(4-6)15-8(10(18)19)5-9(16)17/h1-5,15H,(H,16,17)(H,18,19)/b8-5+.